The van der Waals surface area contributed by atoms with Gasteiger partial charge in [-0.05, 0) is 12.8 Å². The molecule has 1 fully saturated rings. The third-order valence-corrected chi connectivity index (χ3v) is 4.39. The number of carbonyl (C=O) groups is 2. The number of carbonyl (C=O) groups excluding carboxylic acids is 1. The van der Waals surface area contributed by atoms with Crippen molar-refractivity contribution in [2.45, 2.75) is 25.8 Å². The molecule has 0 saturated heterocycles. The highest BCUT2D eigenvalue weighted by Gasteiger charge is 2.35. The highest BCUT2D eigenvalue weighted by molar-refractivity contribution is 7.88. The number of rotatable bonds is 7. The van der Waals surface area contributed by atoms with Crippen LogP contribution in [0.25, 0.3) is 0 Å². The number of nitrogens with zero attached hydrogens (tertiary/aromatic N) is 2. The maximum atomic E-state index is 12.1. The Morgan fingerprint density at radius 2 is 1.89 bits per heavy atom. The topological polar surface area (TPSA) is 95.0 Å². The molecule has 1 saturated carbocycles. The molecule has 0 aromatic carbocycles. The summed E-state index contributed by atoms with van der Waals surface area (Å²) in [5.74, 6) is -1.97. The summed E-state index contributed by atoms with van der Waals surface area (Å²) in [5, 5.41) is 8.88. The molecule has 0 aliphatic heterocycles. The monoisotopic (exact) mass is 292 g/mol. The first kappa shape index (κ1) is 15.9. The molecule has 19 heavy (non-hydrogen) atoms. The quantitative estimate of drug-likeness (QED) is 0.688. The van der Waals surface area contributed by atoms with Crippen LogP contribution < -0.4 is 0 Å². The molecule has 0 aromatic rings. The van der Waals surface area contributed by atoms with Crippen LogP contribution in [-0.2, 0) is 19.6 Å². The summed E-state index contributed by atoms with van der Waals surface area (Å²) in [5.41, 5.74) is 0. The molecule has 1 rings (SSSR count). The summed E-state index contributed by atoms with van der Waals surface area (Å²) in [6, 6.07) is 0.0576. The second kappa shape index (κ2) is 5.87. The number of hydrogen-bond donors (Lipinski definition) is 1. The fourth-order valence-electron chi connectivity index (χ4n) is 1.61. The molecular formula is C11H20N2O5S. The van der Waals surface area contributed by atoms with Crippen LogP contribution in [-0.4, -0.2) is 67.0 Å². The van der Waals surface area contributed by atoms with Gasteiger partial charge in [0.15, 0.2) is 0 Å². The van der Waals surface area contributed by atoms with Crippen LogP contribution in [0.5, 0.6) is 0 Å². The van der Waals surface area contributed by atoms with E-state index in [-0.39, 0.29) is 25.0 Å². The van der Waals surface area contributed by atoms with Crippen molar-refractivity contribution in [3.8, 4) is 0 Å². The third kappa shape index (κ3) is 4.79. The Balaban J connectivity index is 2.66. The molecule has 0 bridgehead atoms. The van der Waals surface area contributed by atoms with Crippen LogP contribution in [0, 0.1) is 5.92 Å². The highest BCUT2D eigenvalue weighted by atomic mass is 32.2. The van der Waals surface area contributed by atoms with Gasteiger partial charge in [0.25, 0.3) is 0 Å². The lowest BCUT2D eigenvalue weighted by Gasteiger charge is -2.26. The molecule has 1 unspecified atom stereocenters. The minimum Gasteiger partial charge on any atom is -0.481 e. The first-order valence-electron chi connectivity index (χ1n) is 6.06. The van der Waals surface area contributed by atoms with Crippen molar-refractivity contribution in [2.24, 2.45) is 5.92 Å². The van der Waals surface area contributed by atoms with Crippen molar-refractivity contribution in [1.29, 1.82) is 0 Å². The normalized spacial score (nSPS) is 17.3. The van der Waals surface area contributed by atoms with Gasteiger partial charge in [-0.15, -0.1) is 0 Å². The Hall–Kier alpha value is -1.15. The lowest BCUT2D eigenvalue weighted by Crippen LogP contribution is -2.44. The molecule has 0 heterocycles. The van der Waals surface area contributed by atoms with Gasteiger partial charge in [-0.25, -0.2) is 8.42 Å². The Bertz CT molecular complexity index is 458. The number of sulfonamides is 1. The Labute approximate surface area is 113 Å². The number of amides is 1. The minimum absolute atomic E-state index is 0.0576. The van der Waals surface area contributed by atoms with Gasteiger partial charge < -0.3 is 10.0 Å². The first-order valence-corrected chi connectivity index (χ1v) is 7.91. The maximum absolute atomic E-state index is 12.1. The fourth-order valence-corrected chi connectivity index (χ4v) is 1.96. The average Bonchev–Trinajstić information content (AvgIpc) is 3.07. The predicted molar refractivity (Wildman–Crippen MR) is 69.0 cm³/mol. The molecule has 0 radical (unpaired) electrons. The lowest BCUT2D eigenvalue weighted by molar-refractivity contribution is -0.143. The van der Waals surface area contributed by atoms with Gasteiger partial charge in [-0.3, -0.25) is 9.59 Å². The van der Waals surface area contributed by atoms with E-state index in [0.717, 1.165) is 23.4 Å². The SMILES string of the molecule is CC(CN(C(=O)CN(C)S(C)(=O)=O)C1CC1)C(=O)O. The van der Waals surface area contributed by atoms with Crippen molar-refractivity contribution < 1.29 is 23.1 Å². The number of likely N-dealkylation sites (N-methyl/N-ethyl adjacent to an activating group) is 1. The van der Waals surface area contributed by atoms with Gasteiger partial charge in [0.1, 0.15) is 0 Å². The van der Waals surface area contributed by atoms with E-state index < -0.39 is 21.9 Å². The molecule has 1 amide bonds. The van der Waals surface area contributed by atoms with Gasteiger partial charge in [-0.1, -0.05) is 6.92 Å². The summed E-state index contributed by atoms with van der Waals surface area (Å²) in [6.07, 6.45) is 2.73. The third-order valence-electron chi connectivity index (χ3n) is 3.12. The van der Waals surface area contributed by atoms with Crippen LogP contribution in [0.15, 0.2) is 0 Å². The molecule has 1 aliphatic rings. The molecule has 1 N–H and O–H groups in total. The Morgan fingerprint density at radius 1 is 1.37 bits per heavy atom. The number of hydrogen-bond acceptors (Lipinski definition) is 4. The minimum atomic E-state index is -3.41. The highest BCUT2D eigenvalue weighted by Crippen LogP contribution is 2.27. The van der Waals surface area contributed by atoms with Crippen LogP contribution in [0.3, 0.4) is 0 Å². The second-order valence-electron chi connectivity index (χ2n) is 5.04. The van der Waals surface area contributed by atoms with Crippen molar-refractivity contribution in [1.82, 2.24) is 9.21 Å². The van der Waals surface area contributed by atoms with Crippen LogP contribution in [0.1, 0.15) is 19.8 Å². The molecule has 8 heteroatoms. The zero-order valence-electron chi connectivity index (χ0n) is 11.4. The van der Waals surface area contributed by atoms with E-state index in [1.807, 2.05) is 0 Å². The van der Waals surface area contributed by atoms with Gasteiger partial charge in [-0.2, -0.15) is 4.31 Å². The molecule has 1 aliphatic carbocycles. The lowest BCUT2D eigenvalue weighted by atomic mass is 10.1. The van der Waals surface area contributed by atoms with Crippen molar-refractivity contribution >= 4 is 21.9 Å². The molecular weight excluding hydrogens is 272 g/mol. The van der Waals surface area contributed by atoms with E-state index in [2.05, 4.69) is 0 Å². The zero-order chi connectivity index (χ0) is 14.8. The Morgan fingerprint density at radius 3 is 2.26 bits per heavy atom. The van der Waals surface area contributed by atoms with Crippen molar-refractivity contribution in [3.63, 3.8) is 0 Å². The van der Waals surface area contributed by atoms with Crippen LogP contribution in [0.2, 0.25) is 0 Å². The van der Waals surface area contributed by atoms with E-state index in [0.29, 0.717) is 0 Å². The van der Waals surface area contributed by atoms with Crippen molar-refractivity contribution in [3.05, 3.63) is 0 Å². The smallest absolute Gasteiger partial charge is 0.308 e. The van der Waals surface area contributed by atoms with E-state index in [4.69, 9.17) is 5.11 Å². The summed E-state index contributed by atoms with van der Waals surface area (Å²) >= 11 is 0. The average molecular weight is 292 g/mol. The largest absolute Gasteiger partial charge is 0.481 e. The molecule has 110 valence electrons. The fraction of sp³-hybridized carbons (Fsp3) is 0.818. The van der Waals surface area contributed by atoms with Gasteiger partial charge >= 0.3 is 5.97 Å². The van der Waals surface area contributed by atoms with E-state index >= 15 is 0 Å². The molecule has 7 nitrogen and oxygen atoms in total. The standard InChI is InChI=1S/C11H20N2O5S/c1-8(11(15)16)6-13(9-4-5-9)10(14)7-12(2)19(3,17)18/h8-9H,4-7H2,1-3H3,(H,15,16). The first-order chi connectivity index (χ1) is 8.62. The number of aliphatic carboxylic acids is 1. The van der Waals surface area contributed by atoms with Gasteiger partial charge in [0, 0.05) is 19.6 Å². The van der Waals surface area contributed by atoms with E-state index in [1.54, 1.807) is 0 Å². The van der Waals surface area contributed by atoms with Crippen LogP contribution >= 0.6 is 0 Å². The predicted octanol–water partition coefficient (Wildman–Crippen LogP) is -0.410. The molecule has 1 atom stereocenters. The second-order valence-corrected chi connectivity index (χ2v) is 7.12. The Kier molecular flexibility index (Phi) is 4.92. The van der Waals surface area contributed by atoms with Gasteiger partial charge in [0.2, 0.25) is 15.9 Å². The summed E-state index contributed by atoms with van der Waals surface area (Å²) in [4.78, 5) is 24.4. The number of carboxylic acid groups (broad SMARTS) is 1. The van der Waals surface area contributed by atoms with E-state index in [1.165, 1.54) is 18.9 Å². The summed E-state index contributed by atoms with van der Waals surface area (Å²) in [7, 11) is -2.08. The maximum Gasteiger partial charge on any atom is 0.308 e. The van der Waals surface area contributed by atoms with Crippen molar-refractivity contribution in [2.75, 3.05) is 26.4 Å². The molecule has 0 spiro atoms. The van der Waals surface area contributed by atoms with Crippen LogP contribution in [0.4, 0.5) is 0 Å². The summed E-state index contributed by atoms with van der Waals surface area (Å²) < 4.78 is 23.5. The molecule has 0 aromatic heterocycles. The van der Waals surface area contributed by atoms with Gasteiger partial charge in [0.05, 0.1) is 18.7 Å². The number of carboxylic acids is 1. The zero-order valence-corrected chi connectivity index (χ0v) is 12.2. The van der Waals surface area contributed by atoms with E-state index in [9.17, 15) is 18.0 Å². The summed E-state index contributed by atoms with van der Waals surface area (Å²) in [6.45, 7) is 1.41.